The van der Waals surface area contributed by atoms with Crippen LogP contribution in [0.2, 0.25) is 0 Å². The van der Waals surface area contributed by atoms with Gasteiger partial charge in [-0.05, 0) is 36.3 Å². The number of aromatic nitrogens is 1. The van der Waals surface area contributed by atoms with Crippen molar-refractivity contribution in [2.75, 3.05) is 7.11 Å². The third-order valence-corrected chi connectivity index (χ3v) is 4.13. The fraction of sp³-hybridized carbons (Fsp3) is 0.214. The Balaban J connectivity index is 2.09. The third kappa shape index (κ3) is 1.88. The molecule has 0 bridgehead atoms. The molecule has 1 aliphatic rings. The molecule has 0 N–H and O–H groups in total. The smallest absolute Gasteiger partial charge is 0.269 e. The van der Waals surface area contributed by atoms with Gasteiger partial charge in [0.25, 0.3) is 5.56 Å². The average molecular weight is 259 g/mol. The molecule has 0 saturated heterocycles. The Labute approximate surface area is 108 Å². The number of rotatable bonds is 2. The Kier molecular flexibility index (Phi) is 2.80. The molecule has 3 rings (SSSR count). The summed E-state index contributed by atoms with van der Waals surface area (Å²) < 4.78 is 8.84. The van der Waals surface area contributed by atoms with E-state index in [0.29, 0.717) is 0 Å². The number of hydrogen-bond donors (Lipinski definition) is 0. The zero-order valence-electron chi connectivity index (χ0n) is 10.1. The summed E-state index contributed by atoms with van der Waals surface area (Å²) in [7, 11) is 1.64. The Morgan fingerprint density at radius 1 is 1.33 bits per heavy atom. The summed E-state index contributed by atoms with van der Waals surface area (Å²) in [4.78, 5) is 12.1. The molecular formula is C14H13NO2S. The number of fused-ring (bicyclic) bond motifs is 1. The van der Waals surface area contributed by atoms with Crippen molar-refractivity contribution in [2.24, 2.45) is 0 Å². The lowest BCUT2D eigenvalue weighted by atomic mass is 10.2. The van der Waals surface area contributed by atoms with Crippen LogP contribution in [0, 0.1) is 0 Å². The van der Waals surface area contributed by atoms with Gasteiger partial charge >= 0.3 is 0 Å². The standard InChI is InChI=1S/C14H13NO2S/c1-17-11-6-4-10(5-7-11)9-12-14(16)15-8-2-3-13(15)18-12/h3-7,9H,2,8H2,1H3/b12-9-. The van der Waals surface area contributed by atoms with E-state index >= 15 is 0 Å². The minimum absolute atomic E-state index is 0.125. The van der Waals surface area contributed by atoms with Crippen LogP contribution >= 0.6 is 11.3 Å². The molecule has 4 heteroatoms. The van der Waals surface area contributed by atoms with Crippen molar-refractivity contribution in [1.82, 2.24) is 4.57 Å². The molecule has 2 heterocycles. The summed E-state index contributed by atoms with van der Waals surface area (Å²) in [6, 6.07) is 7.71. The lowest BCUT2D eigenvalue weighted by molar-refractivity contribution is 0.415. The maximum absolute atomic E-state index is 12.1. The number of ether oxygens (including phenoxy) is 1. The van der Waals surface area contributed by atoms with E-state index in [4.69, 9.17) is 4.74 Å². The van der Waals surface area contributed by atoms with Crippen molar-refractivity contribution in [1.29, 1.82) is 0 Å². The second-order valence-corrected chi connectivity index (χ2v) is 5.23. The molecule has 1 aromatic heterocycles. The normalized spacial score (nSPS) is 14.4. The lowest BCUT2D eigenvalue weighted by Crippen LogP contribution is -2.29. The summed E-state index contributed by atoms with van der Waals surface area (Å²) in [5.41, 5.74) is 1.15. The van der Waals surface area contributed by atoms with Crippen LogP contribution in [0.4, 0.5) is 0 Å². The zero-order valence-corrected chi connectivity index (χ0v) is 10.9. The fourth-order valence-corrected chi connectivity index (χ4v) is 3.17. The summed E-state index contributed by atoms with van der Waals surface area (Å²) in [5, 5.41) is 0. The molecule has 0 radical (unpaired) electrons. The Morgan fingerprint density at radius 3 is 2.78 bits per heavy atom. The Hall–Kier alpha value is -1.81. The van der Waals surface area contributed by atoms with Crippen LogP contribution in [-0.2, 0) is 6.54 Å². The van der Waals surface area contributed by atoms with Gasteiger partial charge in [0.15, 0.2) is 0 Å². The monoisotopic (exact) mass is 259 g/mol. The molecule has 3 nitrogen and oxygen atoms in total. The molecule has 0 amide bonds. The van der Waals surface area contributed by atoms with E-state index in [1.54, 1.807) is 18.4 Å². The van der Waals surface area contributed by atoms with Crippen LogP contribution in [0.1, 0.15) is 12.0 Å². The van der Waals surface area contributed by atoms with Gasteiger partial charge in [-0.2, -0.15) is 0 Å². The summed E-state index contributed by atoms with van der Waals surface area (Å²) >= 11 is 1.56. The number of methoxy groups -OCH3 is 1. The zero-order chi connectivity index (χ0) is 12.5. The second kappa shape index (κ2) is 4.46. The highest BCUT2D eigenvalue weighted by Gasteiger charge is 2.07. The topological polar surface area (TPSA) is 31.2 Å². The lowest BCUT2D eigenvalue weighted by Gasteiger charge is -1.98. The van der Waals surface area contributed by atoms with Crippen molar-refractivity contribution >= 4 is 23.5 Å². The van der Waals surface area contributed by atoms with Gasteiger partial charge in [0.1, 0.15) is 5.75 Å². The SMILES string of the molecule is COc1ccc(/C=c2\sc3n(c2=O)CCC=3)cc1. The quantitative estimate of drug-likeness (QED) is 0.803. The molecule has 0 saturated carbocycles. The highest BCUT2D eigenvalue weighted by atomic mass is 32.1. The van der Waals surface area contributed by atoms with Crippen LogP contribution < -0.4 is 19.5 Å². The average Bonchev–Trinajstić information content (AvgIpc) is 2.95. The minimum atomic E-state index is 0.125. The van der Waals surface area contributed by atoms with Gasteiger partial charge in [-0.1, -0.05) is 12.1 Å². The number of hydrogen-bond acceptors (Lipinski definition) is 3. The second-order valence-electron chi connectivity index (χ2n) is 4.17. The first-order chi connectivity index (χ1) is 8.78. The minimum Gasteiger partial charge on any atom is -0.497 e. The maximum atomic E-state index is 12.1. The molecule has 1 aliphatic heterocycles. The van der Waals surface area contributed by atoms with Crippen LogP contribution in [-0.4, -0.2) is 11.7 Å². The number of thiazole rings is 1. The highest BCUT2D eigenvalue weighted by molar-refractivity contribution is 7.07. The van der Waals surface area contributed by atoms with Gasteiger partial charge in [-0.15, -0.1) is 11.3 Å². The van der Waals surface area contributed by atoms with Gasteiger partial charge in [0.2, 0.25) is 0 Å². The van der Waals surface area contributed by atoms with Gasteiger partial charge in [0, 0.05) is 6.54 Å². The van der Waals surface area contributed by atoms with Crippen molar-refractivity contribution in [2.45, 2.75) is 13.0 Å². The summed E-state index contributed by atoms with van der Waals surface area (Å²) in [6.45, 7) is 0.821. The first kappa shape index (κ1) is 11.3. The number of nitrogens with zero attached hydrogens (tertiary/aromatic N) is 1. The molecule has 0 atom stereocenters. The third-order valence-electron chi connectivity index (χ3n) is 3.02. The van der Waals surface area contributed by atoms with E-state index in [2.05, 4.69) is 6.08 Å². The van der Waals surface area contributed by atoms with Crippen molar-refractivity contribution < 1.29 is 4.74 Å². The van der Waals surface area contributed by atoms with Gasteiger partial charge in [-0.25, -0.2) is 0 Å². The molecule has 2 aromatic rings. The van der Waals surface area contributed by atoms with Gasteiger partial charge in [-0.3, -0.25) is 9.36 Å². The molecule has 0 fully saturated rings. The van der Waals surface area contributed by atoms with E-state index in [0.717, 1.165) is 33.5 Å². The maximum Gasteiger partial charge on any atom is 0.269 e. The summed E-state index contributed by atoms with van der Waals surface area (Å²) in [5.74, 6) is 0.825. The molecule has 0 unspecified atom stereocenters. The fourth-order valence-electron chi connectivity index (χ4n) is 2.07. The molecule has 1 aromatic carbocycles. The van der Waals surface area contributed by atoms with E-state index < -0.39 is 0 Å². The van der Waals surface area contributed by atoms with E-state index in [9.17, 15) is 4.79 Å². The predicted molar refractivity (Wildman–Crippen MR) is 73.5 cm³/mol. The van der Waals surface area contributed by atoms with Gasteiger partial charge < -0.3 is 4.74 Å². The molecule has 0 aliphatic carbocycles. The van der Waals surface area contributed by atoms with Crippen molar-refractivity contribution in [3.8, 4) is 5.75 Å². The molecule has 18 heavy (non-hydrogen) atoms. The van der Waals surface area contributed by atoms with Crippen molar-refractivity contribution in [3.63, 3.8) is 0 Å². The van der Waals surface area contributed by atoms with E-state index in [1.807, 2.05) is 34.9 Å². The molecule has 0 spiro atoms. The first-order valence-electron chi connectivity index (χ1n) is 5.83. The molecular weight excluding hydrogens is 246 g/mol. The first-order valence-corrected chi connectivity index (χ1v) is 6.65. The molecule has 92 valence electrons. The predicted octanol–water partition coefficient (Wildman–Crippen LogP) is 0.931. The van der Waals surface area contributed by atoms with Gasteiger partial charge in [0.05, 0.1) is 16.3 Å². The Morgan fingerprint density at radius 2 is 2.11 bits per heavy atom. The Bertz CT molecular complexity index is 738. The van der Waals surface area contributed by atoms with Crippen LogP contribution in [0.5, 0.6) is 5.75 Å². The van der Waals surface area contributed by atoms with Crippen LogP contribution in [0.25, 0.3) is 12.2 Å². The van der Waals surface area contributed by atoms with E-state index in [-0.39, 0.29) is 5.56 Å². The largest absolute Gasteiger partial charge is 0.497 e. The van der Waals surface area contributed by atoms with E-state index in [1.165, 1.54) is 0 Å². The summed E-state index contributed by atoms with van der Waals surface area (Å²) in [6.07, 6.45) is 5.03. The van der Waals surface area contributed by atoms with Crippen LogP contribution in [0.3, 0.4) is 0 Å². The number of benzene rings is 1. The highest BCUT2D eigenvalue weighted by Crippen LogP contribution is 2.11. The van der Waals surface area contributed by atoms with Crippen molar-refractivity contribution in [3.05, 3.63) is 49.4 Å². The van der Waals surface area contributed by atoms with Crippen LogP contribution in [0.15, 0.2) is 29.1 Å².